The fourth-order valence-electron chi connectivity index (χ4n) is 4.88. The first-order chi connectivity index (χ1) is 17.4. The number of amides is 2. The van der Waals surface area contributed by atoms with E-state index < -0.39 is 37.6 Å². The number of halogens is 1. The molecule has 2 heterocycles. The smallest absolute Gasteiger partial charge is 0.269 e. The van der Waals surface area contributed by atoms with Crippen LogP contribution in [0, 0.1) is 10.1 Å². The second kappa shape index (κ2) is 9.92. The number of non-ortho nitro benzene ring substituents is 1. The molecule has 2 aliphatic rings. The summed E-state index contributed by atoms with van der Waals surface area (Å²) < 4.78 is 34.1. The second-order valence-electron chi connectivity index (χ2n) is 9.23. The molecule has 0 saturated carbocycles. The lowest BCUT2D eigenvalue weighted by Gasteiger charge is -2.56. The molecule has 2 fully saturated rings. The van der Waals surface area contributed by atoms with Crippen molar-refractivity contribution in [2.75, 3.05) is 20.2 Å². The van der Waals surface area contributed by atoms with Crippen molar-refractivity contribution < 1.29 is 27.7 Å². The van der Waals surface area contributed by atoms with Gasteiger partial charge in [0, 0.05) is 42.6 Å². The Bertz CT molecular complexity index is 1350. The summed E-state index contributed by atoms with van der Waals surface area (Å²) >= 11 is 6.16. The topological polar surface area (TPSA) is 139 Å². The number of carbonyl (C=O) groups excluding carboxylic acids is 2. The fourth-order valence-corrected chi connectivity index (χ4v) is 7.27. The molecule has 13 heteroatoms. The monoisotopic (exact) mass is 550 g/mol. The Kier molecular flexibility index (Phi) is 7.19. The van der Waals surface area contributed by atoms with Gasteiger partial charge in [0.2, 0.25) is 26.6 Å². The highest BCUT2D eigenvalue weighted by Crippen LogP contribution is 2.41. The summed E-state index contributed by atoms with van der Waals surface area (Å²) in [7, 11) is -3.08. The zero-order valence-electron chi connectivity index (χ0n) is 20.5. The summed E-state index contributed by atoms with van der Waals surface area (Å²) in [5, 5.41) is 14.3. The molecular weight excluding hydrogens is 524 g/mol. The highest BCUT2D eigenvalue weighted by molar-refractivity contribution is 7.93. The minimum atomic E-state index is -4.41. The van der Waals surface area contributed by atoms with E-state index in [0.717, 1.165) is 4.90 Å². The van der Waals surface area contributed by atoms with E-state index in [2.05, 4.69) is 5.32 Å². The van der Waals surface area contributed by atoms with Crippen molar-refractivity contribution in [1.82, 2.24) is 15.1 Å². The lowest BCUT2D eigenvalue weighted by Crippen LogP contribution is -2.80. The molecule has 0 aliphatic carbocycles. The Morgan fingerprint density at radius 2 is 1.89 bits per heavy atom. The molecule has 2 aromatic carbocycles. The Labute approximate surface area is 219 Å². The second-order valence-corrected chi connectivity index (χ2v) is 11.8. The van der Waals surface area contributed by atoms with Gasteiger partial charge in [-0.25, -0.2) is 8.42 Å². The lowest BCUT2D eigenvalue weighted by atomic mass is 9.97. The van der Waals surface area contributed by atoms with E-state index in [0.29, 0.717) is 5.56 Å². The van der Waals surface area contributed by atoms with Gasteiger partial charge in [0.15, 0.2) is 0 Å². The van der Waals surface area contributed by atoms with Crippen LogP contribution in [-0.2, 0) is 25.8 Å². The molecule has 198 valence electrons. The SMILES string of the molecule is COc1ccc(Cl)cc1S(=O)(=O)C12CN(C(C)C)C(=O)C(Cc3ccc([N+](=O)[O-])cc3)N1C(=O)CCN2. The first-order valence-electron chi connectivity index (χ1n) is 11.6. The van der Waals surface area contributed by atoms with Crippen LogP contribution in [0.4, 0.5) is 5.69 Å². The third-order valence-electron chi connectivity index (χ3n) is 6.72. The van der Waals surface area contributed by atoms with Crippen LogP contribution in [0.25, 0.3) is 0 Å². The van der Waals surface area contributed by atoms with Crippen molar-refractivity contribution in [2.24, 2.45) is 0 Å². The number of methoxy groups -OCH3 is 1. The molecule has 2 atom stereocenters. The third kappa shape index (κ3) is 4.53. The van der Waals surface area contributed by atoms with Crippen LogP contribution in [0.5, 0.6) is 5.75 Å². The molecule has 2 saturated heterocycles. The van der Waals surface area contributed by atoms with Crippen LogP contribution in [0.2, 0.25) is 5.02 Å². The van der Waals surface area contributed by atoms with Crippen LogP contribution in [-0.4, -0.2) is 72.2 Å². The molecule has 0 spiro atoms. The summed E-state index contributed by atoms with van der Waals surface area (Å²) in [5.41, 5.74) is 0.419. The number of benzene rings is 2. The number of sulfone groups is 1. The zero-order chi connectivity index (χ0) is 27.1. The van der Waals surface area contributed by atoms with Gasteiger partial charge < -0.3 is 9.64 Å². The largest absolute Gasteiger partial charge is 0.495 e. The van der Waals surface area contributed by atoms with Gasteiger partial charge in [0.25, 0.3) is 5.69 Å². The predicted octanol–water partition coefficient (Wildman–Crippen LogP) is 2.37. The molecule has 2 aliphatic heterocycles. The van der Waals surface area contributed by atoms with Gasteiger partial charge in [0.05, 0.1) is 18.6 Å². The van der Waals surface area contributed by atoms with E-state index in [1.165, 1.54) is 54.5 Å². The fraction of sp³-hybridized carbons (Fsp3) is 0.417. The molecule has 2 amide bonds. The van der Waals surface area contributed by atoms with Gasteiger partial charge in [-0.2, -0.15) is 0 Å². The number of nitrogens with one attached hydrogen (secondary N) is 1. The molecule has 2 aromatic rings. The summed E-state index contributed by atoms with van der Waals surface area (Å²) in [4.78, 5) is 38.0. The average molecular weight is 551 g/mol. The van der Waals surface area contributed by atoms with Gasteiger partial charge in [0.1, 0.15) is 16.7 Å². The van der Waals surface area contributed by atoms with E-state index >= 15 is 0 Å². The molecule has 37 heavy (non-hydrogen) atoms. The van der Waals surface area contributed by atoms with Crippen LogP contribution >= 0.6 is 11.6 Å². The van der Waals surface area contributed by atoms with Gasteiger partial charge >= 0.3 is 0 Å². The number of nitro groups is 1. The Morgan fingerprint density at radius 1 is 1.22 bits per heavy atom. The minimum Gasteiger partial charge on any atom is -0.495 e. The number of carbonyl (C=O) groups is 2. The number of nitro benzene ring substituents is 1. The maximum Gasteiger partial charge on any atom is 0.269 e. The quantitative estimate of drug-likeness (QED) is 0.409. The summed E-state index contributed by atoms with van der Waals surface area (Å²) in [5.74, 6) is -0.847. The summed E-state index contributed by atoms with van der Waals surface area (Å²) in [6.07, 6.45) is -0.0346. The third-order valence-corrected chi connectivity index (χ3v) is 9.21. The summed E-state index contributed by atoms with van der Waals surface area (Å²) in [6.45, 7) is 3.31. The Morgan fingerprint density at radius 3 is 2.49 bits per heavy atom. The van der Waals surface area contributed by atoms with Crippen LogP contribution in [0.3, 0.4) is 0 Å². The molecule has 0 radical (unpaired) electrons. The van der Waals surface area contributed by atoms with Gasteiger partial charge in [-0.15, -0.1) is 0 Å². The van der Waals surface area contributed by atoms with Crippen molar-refractivity contribution in [3.63, 3.8) is 0 Å². The minimum absolute atomic E-state index is 0.00429. The molecule has 0 bridgehead atoms. The van der Waals surface area contributed by atoms with E-state index in [1.807, 2.05) is 0 Å². The zero-order valence-corrected chi connectivity index (χ0v) is 22.1. The summed E-state index contributed by atoms with van der Waals surface area (Å²) in [6, 6.07) is 8.26. The number of rotatable bonds is 7. The van der Waals surface area contributed by atoms with Crippen LogP contribution in [0.1, 0.15) is 25.8 Å². The standard InChI is InChI=1S/C24H27ClN4O7S/c1-15(2)27-14-24(37(34,35)21-13-17(25)6-9-20(21)36-3)26-11-10-22(30)28(24)19(23(27)31)12-16-4-7-18(8-5-16)29(32)33/h4-9,13,15,19,26H,10-12,14H2,1-3H3. The van der Waals surface area contributed by atoms with E-state index in [4.69, 9.17) is 16.3 Å². The Hall–Kier alpha value is -3.22. The van der Waals surface area contributed by atoms with Gasteiger partial charge in [-0.05, 0) is 37.6 Å². The van der Waals surface area contributed by atoms with Crippen molar-refractivity contribution >= 4 is 38.9 Å². The normalized spacial score (nSPS) is 22.2. The van der Waals surface area contributed by atoms with Crippen molar-refractivity contribution in [2.45, 2.75) is 48.7 Å². The highest BCUT2D eigenvalue weighted by Gasteiger charge is 2.62. The number of fused-ring (bicyclic) bond motifs is 1. The number of piperazine rings is 1. The maximum absolute atomic E-state index is 14.4. The number of hydrogen-bond acceptors (Lipinski definition) is 8. The van der Waals surface area contributed by atoms with E-state index in [1.54, 1.807) is 13.8 Å². The number of hydrogen-bond donors (Lipinski definition) is 1. The maximum atomic E-state index is 14.4. The van der Waals surface area contributed by atoms with Crippen molar-refractivity contribution in [3.05, 3.63) is 63.2 Å². The first-order valence-corrected chi connectivity index (χ1v) is 13.5. The van der Waals surface area contributed by atoms with Crippen molar-refractivity contribution in [1.29, 1.82) is 0 Å². The molecular formula is C24H27ClN4O7S. The van der Waals surface area contributed by atoms with E-state index in [-0.39, 0.29) is 53.3 Å². The van der Waals surface area contributed by atoms with E-state index in [9.17, 15) is 28.1 Å². The molecule has 1 N–H and O–H groups in total. The molecule has 2 unspecified atom stereocenters. The molecule has 11 nitrogen and oxygen atoms in total. The number of ether oxygens (including phenoxy) is 1. The lowest BCUT2D eigenvalue weighted by molar-refractivity contribution is -0.384. The molecule has 0 aromatic heterocycles. The Balaban J connectivity index is 1.89. The number of nitrogens with zero attached hydrogens (tertiary/aromatic N) is 3. The van der Waals surface area contributed by atoms with Crippen molar-refractivity contribution in [3.8, 4) is 5.75 Å². The van der Waals surface area contributed by atoms with Gasteiger partial charge in [-0.3, -0.25) is 29.9 Å². The van der Waals surface area contributed by atoms with Gasteiger partial charge in [-0.1, -0.05) is 23.7 Å². The van der Waals surface area contributed by atoms with Crippen LogP contribution < -0.4 is 10.1 Å². The first kappa shape index (κ1) is 26.8. The predicted molar refractivity (Wildman–Crippen MR) is 135 cm³/mol. The van der Waals surface area contributed by atoms with Crippen LogP contribution in [0.15, 0.2) is 47.4 Å². The molecule has 4 rings (SSSR count). The highest BCUT2D eigenvalue weighted by atomic mass is 35.5. The average Bonchev–Trinajstić information content (AvgIpc) is 2.85.